The van der Waals surface area contributed by atoms with E-state index in [0.717, 1.165) is 25.9 Å². The SMILES string of the molecule is CCCCNC(=NCC(O)COc1ccc(F)cc1)NCC. The van der Waals surface area contributed by atoms with Gasteiger partial charge in [-0.15, -0.1) is 0 Å². The Morgan fingerprint density at radius 1 is 1.27 bits per heavy atom. The largest absolute Gasteiger partial charge is 0.491 e. The molecule has 1 aromatic rings. The summed E-state index contributed by atoms with van der Waals surface area (Å²) in [6, 6.07) is 5.70. The Hall–Kier alpha value is -1.82. The van der Waals surface area contributed by atoms with Crippen LogP contribution in [0.15, 0.2) is 29.3 Å². The van der Waals surface area contributed by atoms with E-state index >= 15 is 0 Å². The smallest absolute Gasteiger partial charge is 0.191 e. The van der Waals surface area contributed by atoms with E-state index in [-0.39, 0.29) is 19.0 Å². The minimum atomic E-state index is -0.716. The number of guanidine groups is 1. The van der Waals surface area contributed by atoms with Gasteiger partial charge in [-0.3, -0.25) is 4.99 Å². The predicted octanol–water partition coefficient (Wildman–Crippen LogP) is 1.92. The van der Waals surface area contributed by atoms with Crippen LogP contribution in [-0.4, -0.2) is 43.4 Å². The molecule has 0 bridgehead atoms. The van der Waals surface area contributed by atoms with Crippen molar-refractivity contribution in [3.8, 4) is 5.75 Å². The summed E-state index contributed by atoms with van der Waals surface area (Å²) in [6.07, 6.45) is 1.47. The van der Waals surface area contributed by atoms with Gasteiger partial charge in [0.25, 0.3) is 0 Å². The molecule has 0 aliphatic carbocycles. The van der Waals surface area contributed by atoms with Gasteiger partial charge in [-0.1, -0.05) is 13.3 Å². The molecule has 1 rings (SSSR count). The molecule has 0 spiro atoms. The van der Waals surface area contributed by atoms with Crippen molar-refractivity contribution in [1.82, 2.24) is 10.6 Å². The number of aliphatic hydroxyl groups is 1. The van der Waals surface area contributed by atoms with E-state index in [1.54, 1.807) is 0 Å². The number of nitrogens with zero attached hydrogens (tertiary/aromatic N) is 1. The van der Waals surface area contributed by atoms with Gasteiger partial charge in [-0.2, -0.15) is 0 Å². The first kappa shape index (κ1) is 18.2. The van der Waals surface area contributed by atoms with Crippen molar-refractivity contribution in [3.63, 3.8) is 0 Å². The average molecular weight is 311 g/mol. The zero-order valence-electron chi connectivity index (χ0n) is 13.3. The lowest BCUT2D eigenvalue weighted by Crippen LogP contribution is -2.38. The van der Waals surface area contributed by atoms with Crippen molar-refractivity contribution in [2.75, 3.05) is 26.2 Å². The summed E-state index contributed by atoms with van der Waals surface area (Å²) in [5.41, 5.74) is 0. The summed E-state index contributed by atoms with van der Waals surface area (Å²) in [6.45, 7) is 6.09. The van der Waals surface area contributed by atoms with Crippen LogP contribution in [0.5, 0.6) is 5.75 Å². The number of hydrogen-bond donors (Lipinski definition) is 3. The molecule has 0 saturated carbocycles. The van der Waals surface area contributed by atoms with Crippen LogP contribution in [0.1, 0.15) is 26.7 Å². The maximum Gasteiger partial charge on any atom is 0.191 e. The first-order valence-corrected chi connectivity index (χ1v) is 7.74. The zero-order valence-corrected chi connectivity index (χ0v) is 13.3. The van der Waals surface area contributed by atoms with E-state index < -0.39 is 6.10 Å². The lowest BCUT2D eigenvalue weighted by Gasteiger charge is -2.13. The molecule has 22 heavy (non-hydrogen) atoms. The summed E-state index contributed by atoms with van der Waals surface area (Å²) >= 11 is 0. The molecule has 0 aliphatic rings. The van der Waals surface area contributed by atoms with Crippen LogP contribution in [0, 0.1) is 5.82 Å². The lowest BCUT2D eigenvalue weighted by molar-refractivity contribution is 0.114. The van der Waals surface area contributed by atoms with Gasteiger partial charge in [0.1, 0.15) is 24.3 Å². The van der Waals surface area contributed by atoms with Crippen LogP contribution in [0.25, 0.3) is 0 Å². The second-order valence-corrected chi connectivity index (χ2v) is 4.92. The van der Waals surface area contributed by atoms with Gasteiger partial charge in [-0.05, 0) is 37.6 Å². The standard InChI is InChI=1S/C16H26FN3O2/c1-3-5-10-19-16(18-4-2)20-11-14(21)12-22-15-8-6-13(17)7-9-15/h6-9,14,21H,3-5,10-12H2,1-2H3,(H2,18,19,20). The molecule has 3 N–H and O–H groups in total. The Labute approximate surface area is 131 Å². The summed E-state index contributed by atoms with van der Waals surface area (Å²) in [5.74, 6) is 0.903. The number of benzene rings is 1. The van der Waals surface area contributed by atoms with E-state index in [0.29, 0.717) is 11.7 Å². The zero-order chi connectivity index (χ0) is 16.2. The molecular formula is C16H26FN3O2. The molecule has 0 fully saturated rings. The molecule has 6 heteroatoms. The van der Waals surface area contributed by atoms with Crippen LogP contribution in [0.3, 0.4) is 0 Å². The summed E-state index contributed by atoms with van der Waals surface area (Å²) < 4.78 is 18.1. The monoisotopic (exact) mass is 311 g/mol. The molecule has 1 unspecified atom stereocenters. The molecule has 0 saturated heterocycles. The first-order chi connectivity index (χ1) is 10.7. The van der Waals surface area contributed by atoms with Crippen molar-refractivity contribution >= 4 is 5.96 Å². The number of hydrogen-bond acceptors (Lipinski definition) is 3. The van der Waals surface area contributed by atoms with E-state index in [9.17, 15) is 9.50 Å². The van der Waals surface area contributed by atoms with Gasteiger partial charge in [-0.25, -0.2) is 4.39 Å². The Kier molecular flexibility index (Phi) is 8.98. The molecule has 124 valence electrons. The molecular weight excluding hydrogens is 285 g/mol. The fourth-order valence-corrected chi connectivity index (χ4v) is 1.70. The molecule has 0 aliphatic heterocycles. The van der Waals surface area contributed by atoms with E-state index in [1.807, 2.05) is 6.92 Å². The number of unbranched alkanes of at least 4 members (excludes halogenated alkanes) is 1. The Balaban J connectivity index is 2.35. The van der Waals surface area contributed by atoms with Crippen molar-refractivity contribution in [2.24, 2.45) is 4.99 Å². The molecule has 0 heterocycles. The van der Waals surface area contributed by atoms with Crippen molar-refractivity contribution < 1.29 is 14.2 Å². The Morgan fingerprint density at radius 3 is 2.64 bits per heavy atom. The number of nitrogens with one attached hydrogen (secondary N) is 2. The maximum absolute atomic E-state index is 12.8. The topological polar surface area (TPSA) is 65.9 Å². The predicted molar refractivity (Wildman–Crippen MR) is 86.8 cm³/mol. The lowest BCUT2D eigenvalue weighted by atomic mass is 10.3. The molecule has 0 amide bonds. The summed E-state index contributed by atoms with van der Waals surface area (Å²) in [4.78, 5) is 4.32. The fourth-order valence-electron chi connectivity index (χ4n) is 1.70. The summed E-state index contributed by atoms with van der Waals surface area (Å²) in [7, 11) is 0. The summed E-state index contributed by atoms with van der Waals surface area (Å²) in [5, 5.41) is 16.2. The Bertz CT molecular complexity index is 438. The van der Waals surface area contributed by atoms with E-state index in [4.69, 9.17) is 4.74 Å². The van der Waals surface area contributed by atoms with Gasteiger partial charge in [0.05, 0.1) is 6.54 Å². The second kappa shape index (κ2) is 10.8. The molecule has 1 aromatic carbocycles. The highest BCUT2D eigenvalue weighted by Gasteiger charge is 2.06. The third-order valence-corrected chi connectivity index (χ3v) is 2.88. The van der Waals surface area contributed by atoms with Gasteiger partial charge in [0.2, 0.25) is 0 Å². The van der Waals surface area contributed by atoms with Crippen molar-refractivity contribution in [1.29, 1.82) is 0 Å². The quantitative estimate of drug-likeness (QED) is 0.370. The minimum Gasteiger partial charge on any atom is -0.491 e. The average Bonchev–Trinajstić information content (AvgIpc) is 2.52. The van der Waals surface area contributed by atoms with Crippen LogP contribution in [-0.2, 0) is 0 Å². The van der Waals surface area contributed by atoms with Crippen molar-refractivity contribution in [3.05, 3.63) is 30.1 Å². The highest BCUT2D eigenvalue weighted by atomic mass is 19.1. The molecule has 1 atom stereocenters. The van der Waals surface area contributed by atoms with Gasteiger partial charge in [0.15, 0.2) is 5.96 Å². The second-order valence-electron chi connectivity index (χ2n) is 4.92. The minimum absolute atomic E-state index is 0.115. The molecule has 0 radical (unpaired) electrons. The number of aliphatic imine (C=N–C) groups is 1. The molecule has 5 nitrogen and oxygen atoms in total. The first-order valence-electron chi connectivity index (χ1n) is 7.74. The van der Waals surface area contributed by atoms with Crippen LogP contribution >= 0.6 is 0 Å². The third-order valence-electron chi connectivity index (χ3n) is 2.88. The number of halogens is 1. The molecule has 0 aromatic heterocycles. The fraction of sp³-hybridized carbons (Fsp3) is 0.562. The van der Waals surface area contributed by atoms with Gasteiger partial charge in [0, 0.05) is 13.1 Å². The number of aliphatic hydroxyl groups excluding tert-OH is 1. The number of ether oxygens (including phenoxy) is 1. The highest BCUT2D eigenvalue weighted by molar-refractivity contribution is 5.79. The van der Waals surface area contributed by atoms with Crippen LogP contribution in [0.2, 0.25) is 0 Å². The third kappa shape index (κ3) is 7.83. The normalized spacial score (nSPS) is 12.8. The maximum atomic E-state index is 12.8. The van der Waals surface area contributed by atoms with Crippen molar-refractivity contribution in [2.45, 2.75) is 32.8 Å². The van der Waals surface area contributed by atoms with Crippen LogP contribution < -0.4 is 15.4 Å². The number of rotatable bonds is 9. The van der Waals surface area contributed by atoms with Gasteiger partial charge < -0.3 is 20.5 Å². The van der Waals surface area contributed by atoms with E-state index in [2.05, 4.69) is 22.5 Å². The van der Waals surface area contributed by atoms with E-state index in [1.165, 1.54) is 24.3 Å². The van der Waals surface area contributed by atoms with Gasteiger partial charge >= 0.3 is 0 Å². The Morgan fingerprint density at radius 2 is 2.00 bits per heavy atom. The highest BCUT2D eigenvalue weighted by Crippen LogP contribution is 2.11. The van der Waals surface area contributed by atoms with Crippen LogP contribution in [0.4, 0.5) is 4.39 Å².